The SMILES string of the molecule is COc1cc(NC(=O)c2ccc(C(F)(F)F)cc2C2CCCc3cc(F)ccc32)ccn1. The molecule has 0 spiro atoms. The minimum atomic E-state index is -4.55. The van der Waals surface area contributed by atoms with Gasteiger partial charge in [-0.25, -0.2) is 9.37 Å². The Morgan fingerprint density at radius 2 is 1.91 bits per heavy atom. The highest BCUT2D eigenvalue weighted by molar-refractivity contribution is 6.05. The van der Waals surface area contributed by atoms with Crippen molar-refractivity contribution < 1.29 is 27.1 Å². The second-order valence-electron chi connectivity index (χ2n) is 7.63. The summed E-state index contributed by atoms with van der Waals surface area (Å²) in [6, 6.07) is 10.5. The van der Waals surface area contributed by atoms with E-state index in [1.54, 1.807) is 12.1 Å². The normalized spacial score (nSPS) is 15.7. The monoisotopic (exact) mass is 444 g/mol. The molecule has 2 aromatic carbocycles. The maximum Gasteiger partial charge on any atom is 0.416 e. The molecular weight excluding hydrogens is 424 g/mol. The van der Waals surface area contributed by atoms with Gasteiger partial charge in [-0.1, -0.05) is 6.07 Å². The highest BCUT2D eigenvalue weighted by Gasteiger charge is 2.34. The van der Waals surface area contributed by atoms with Gasteiger partial charge in [0, 0.05) is 29.4 Å². The lowest BCUT2D eigenvalue weighted by atomic mass is 9.77. The molecule has 1 atom stereocenters. The number of halogens is 4. The number of amides is 1. The van der Waals surface area contributed by atoms with E-state index in [1.165, 1.54) is 37.6 Å². The van der Waals surface area contributed by atoms with Crippen molar-refractivity contribution in [3.05, 3.63) is 88.4 Å². The number of anilines is 1. The van der Waals surface area contributed by atoms with Crippen molar-refractivity contribution in [1.82, 2.24) is 4.98 Å². The summed E-state index contributed by atoms with van der Waals surface area (Å²) in [6.45, 7) is 0. The van der Waals surface area contributed by atoms with Crippen LogP contribution in [-0.4, -0.2) is 18.0 Å². The Balaban J connectivity index is 1.78. The standard InChI is InChI=1S/C24H20F4N2O2/c1-32-22-13-17(9-10-29-22)30-23(31)20-7-5-15(24(26,27)28)12-21(20)19-4-2-3-14-11-16(25)6-8-18(14)19/h5-13,19H,2-4H2,1H3,(H,29,30,31). The fourth-order valence-corrected chi connectivity index (χ4v) is 4.14. The van der Waals surface area contributed by atoms with Gasteiger partial charge < -0.3 is 10.1 Å². The molecule has 4 rings (SSSR count). The van der Waals surface area contributed by atoms with Crippen LogP contribution in [-0.2, 0) is 12.6 Å². The van der Waals surface area contributed by atoms with Gasteiger partial charge in [0.15, 0.2) is 0 Å². The Kier molecular flexibility index (Phi) is 5.86. The number of ether oxygens (including phenoxy) is 1. The Hall–Kier alpha value is -3.42. The first-order valence-corrected chi connectivity index (χ1v) is 10.1. The van der Waals surface area contributed by atoms with E-state index in [2.05, 4.69) is 10.3 Å². The number of methoxy groups -OCH3 is 1. The van der Waals surface area contributed by atoms with Crippen molar-refractivity contribution in [2.45, 2.75) is 31.4 Å². The zero-order valence-electron chi connectivity index (χ0n) is 17.2. The molecule has 1 aromatic heterocycles. The summed E-state index contributed by atoms with van der Waals surface area (Å²) in [5.74, 6) is -1.10. The second kappa shape index (κ2) is 8.61. The number of aryl methyl sites for hydroxylation is 1. The Morgan fingerprint density at radius 1 is 1.09 bits per heavy atom. The topological polar surface area (TPSA) is 51.2 Å². The summed E-state index contributed by atoms with van der Waals surface area (Å²) in [4.78, 5) is 17.1. The highest BCUT2D eigenvalue weighted by atomic mass is 19.4. The minimum absolute atomic E-state index is 0.135. The summed E-state index contributed by atoms with van der Waals surface area (Å²) in [6.07, 6.45) is -1.22. The fraction of sp³-hybridized carbons (Fsp3) is 0.250. The lowest BCUT2D eigenvalue weighted by Gasteiger charge is -2.28. The van der Waals surface area contributed by atoms with Gasteiger partial charge in [0.05, 0.1) is 12.7 Å². The summed E-state index contributed by atoms with van der Waals surface area (Å²) in [5, 5.41) is 2.70. The molecule has 0 fully saturated rings. The average Bonchev–Trinajstić information content (AvgIpc) is 2.77. The molecule has 32 heavy (non-hydrogen) atoms. The molecule has 1 amide bonds. The summed E-state index contributed by atoms with van der Waals surface area (Å²) in [7, 11) is 1.44. The zero-order valence-corrected chi connectivity index (χ0v) is 17.2. The molecule has 0 aliphatic heterocycles. The van der Waals surface area contributed by atoms with Crippen LogP contribution in [0.3, 0.4) is 0 Å². The molecule has 0 saturated carbocycles. The van der Waals surface area contributed by atoms with Gasteiger partial charge in [0.2, 0.25) is 5.88 Å². The molecule has 1 unspecified atom stereocenters. The number of carbonyl (C=O) groups is 1. The van der Waals surface area contributed by atoms with Crippen molar-refractivity contribution in [2.75, 3.05) is 12.4 Å². The molecule has 1 N–H and O–H groups in total. The Bertz CT molecular complexity index is 1160. The van der Waals surface area contributed by atoms with E-state index in [-0.39, 0.29) is 11.1 Å². The Labute approximate surface area is 182 Å². The number of rotatable bonds is 4. The van der Waals surface area contributed by atoms with E-state index in [0.29, 0.717) is 30.8 Å². The Morgan fingerprint density at radius 3 is 2.66 bits per heavy atom. The van der Waals surface area contributed by atoms with Gasteiger partial charge in [0.25, 0.3) is 5.91 Å². The zero-order chi connectivity index (χ0) is 22.9. The van der Waals surface area contributed by atoms with Crippen LogP contribution in [0.5, 0.6) is 5.88 Å². The quantitative estimate of drug-likeness (QED) is 0.505. The molecule has 1 aliphatic rings. The number of aromatic nitrogens is 1. The van der Waals surface area contributed by atoms with Gasteiger partial charge in [-0.2, -0.15) is 13.2 Å². The minimum Gasteiger partial charge on any atom is -0.481 e. The molecular formula is C24H20F4N2O2. The van der Waals surface area contributed by atoms with Crippen LogP contribution >= 0.6 is 0 Å². The number of hydrogen-bond acceptors (Lipinski definition) is 3. The highest BCUT2D eigenvalue weighted by Crippen LogP contribution is 2.41. The maximum atomic E-state index is 13.7. The van der Waals surface area contributed by atoms with Gasteiger partial charge in [-0.15, -0.1) is 0 Å². The molecule has 3 aromatic rings. The van der Waals surface area contributed by atoms with Crippen molar-refractivity contribution in [3.8, 4) is 5.88 Å². The van der Waals surface area contributed by atoms with E-state index in [4.69, 9.17) is 4.74 Å². The molecule has 4 nitrogen and oxygen atoms in total. The van der Waals surface area contributed by atoms with E-state index in [9.17, 15) is 22.4 Å². The number of fused-ring (bicyclic) bond motifs is 1. The lowest BCUT2D eigenvalue weighted by molar-refractivity contribution is -0.137. The lowest BCUT2D eigenvalue weighted by Crippen LogP contribution is -2.20. The van der Waals surface area contributed by atoms with Crippen LogP contribution in [0, 0.1) is 5.82 Å². The number of alkyl halides is 3. The van der Waals surface area contributed by atoms with Gasteiger partial charge in [-0.05, 0) is 72.4 Å². The number of hydrogen-bond donors (Lipinski definition) is 1. The number of benzene rings is 2. The van der Waals surface area contributed by atoms with Crippen LogP contribution in [0.2, 0.25) is 0 Å². The number of carbonyl (C=O) groups excluding carboxylic acids is 1. The van der Waals surface area contributed by atoms with Crippen LogP contribution in [0.1, 0.15) is 51.4 Å². The van der Waals surface area contributed by atoms with Gasteiger partial charge >= 0.3 is 6.18 Å². The molecule has 0 bridgehead atoms. The van der Waals surface area contributed by atoms with E-state index >= 15 is 0 Å². The van der Waals surface area contributed by atoms with E-state index < -0.39 is 29.4 Å². The molecule has 1 aliphatic carbocycles. The van der Waals surface area contributed by atoms with Crippen molar-refractivity contribution >= 4 is 11.6 Å². The third kappa shape index (κ3) is 4.44. The summed E-state index contributed by atoms with van der Waals surface area (Å²) >= 11 is 0. The van der Waals surface area contributed by atoms with E-state index in [0.717, 1.165) is 23.3 Å². The number of nitrogens with one attached hydrogen (secondary N) is 1. The molecule has 0 saturated heterocycles. The van der Waals surface area contributed by atoms with Crippen molar-refractivity contribution in [3.63, 3.8) is 0 Å². The predicted molar refractivity (Wildman–Crippen MR) is 111 cm³/mol. The third-order valence-corrected chi connectivity index (χ3v) is 5.62. The van der Waals surface area contributed by atoms with Crippen LogP contribution < -0.4 is 10.1 Å². The summed E-state index contributed by atoms with van der Waals surface area (Å²) < 4.78 is 59.2. The largest absolute Gasteiger partial charge is 0.481 e. The third-order valence-electron chi connectivity index (χ3n) is 5.62. The predicted octanol–water partition coefficient (Wildman–Crippen LogP) is 5.97. The smallest absolute Gasteiger partial charge is 0.416 e. The fourth-order valence-electron chi connectivity index (χ4n) is 4.14. The van der Waals surface area contributed by atoms with Crippen LogP contribution in [0.4, 0.5) is 23.2 Å². The first-order chi connectivity index (χ1) is 15.3. The number of nitrogens with zero attached hydrogens (tertiary/aromatic N) is 1. The molecule has 0 radical (unpaired) electrons. The number of pyridine rings is 1. The van der Waals surface area contributed by atoms with Crippen LogP contribution in [0.15, 0.2) is 54.7 Å². The van der Waals surface area contributed by atoms with Crippen molar-refractivity contribution in [1.29, 1.82) is 0 Å². The summed E-state index contributed by atoms with van der Waals surface area (Å²) in [5.41, 5.74) is 1.48. The average molecular weight is 444 g/mol. The van der Waals surface area contributed by atoms with Crippen LogP contribution in [0.25, 0.3) is 0 Å². The van der Waals surface area contributed by atoms with Crippen molar-refractivity contribution in [2.24, 2.45) is 0 Å². The molecule has 1 heterocycles. The molecule has 166 valence electrons. The van der Waals surface area contributed by atoms with Gasteiger partial charge in [0.1, 0.15) is 5.82 Å². The van der Waals surface area contributed by atoms with E-state index in [1.807, 2.05) is 0 Å². The molecule has 8 heteroatoms. The van der Waals surface area contributed by atoms with Gasteiger partial charge in [-0.3, -0.25) is 4.79 Å². The first kappa shape index (κ1) is 21.8. The first-order valence-electron chi connectivity index (χ1n) is 10.1. The second-order valence-corrected chi connectivity index (χ2v) is 7.63. The maximum absolute atomic E-state index is 13.7.